The lowest BCUT2D eigenvalue weighted by Crippen LogP contribution is -2.34. The Morgan fingerprint density at radius 2 is 2.29 bits per heavy atom. The lowest BCUT2D eigenvalue weighted by atomic mass is 10.2. The number of carbonyl (C=O) groups excluding carboxylic acids is 1. The Morgan fingerprint density at radius 3 is 2.79 bits per heavy atom. The Balaban J connectivity index is 2.64. The van der Waals surface area contributed by atoms with E-state index in [9.17, 15) is 4.79 Å². The average molecular weight is 212 g/mol. The van der Waals surface area contributed by atoms with Gasteiger partial charge in [-0.1, -0.05) is 19.9 Å². The molecule has 0 radical (unpaired) electrons. The number of nitrogens with zero attached hydrogens (tertiary/aromatic N) is 2. The molecule has 0 unspecified atom stereocenters. The third kappa shape index (κ3) is 2.32. The van der Waals surface area contributed by atoms with Gasteiger partial charge in [-0.2, -0.15) is 0 Å². The van der Waals surface area contributed by atoms with Gasteiger partial charge in [0.05, 0.1) is 6.54 Å². The zero-order valence-electron chi connectivity index (χ0n) is 8.69. The minimum Gasteiger partial charge on any atom is -0.339 e. The van der Waals surface area contributed by atoms with Gasteiger partial charge in [-0.3, -0.25) is 9.69 Å². The highest BCUT2D eigenvalue weighted by molar-refractivity contribution is 7.80. The third-order valence-electron chi connectivity index (χ3n) is 2.03. The third-order valence-corrected chi connectivity index (χ3v) is 2.50. The summed E-state index contributed by atoms with van der Waals surface area (Å²) in [5, 5.41) is 0.642. The van der Waals surface area contributed by atoms with Gasteiger partial charge >= 0.3 is 0 Å². The molecule has 1 heterocycles. The SMILES string of the molecule is C=CCN1C(=O)CN(CC(C)C)C1=S. The van der Waals surface area contributed by atoms with Crippen LogP contribution >= 0.6 is 12.2 Å². The fourth-order valence-electron chi connectivity index (χ4n) is 1.49. The van der Waals surface area contributed by atoms with Crippen LogP contribution < -0.4 is 0 Å². The maximum atomic E-state index is 11.5. The van der Waals surface area contributed by atoms with Gasteiger partial charge in [0.25, 0.3) is 0 Å². The average Bonchev–Trinajstić information content (AvgIpc) is 2.32. The molecule has 0 saturated carbocycles. The monoisotopic (exact) mass is 212 g/mol. The number of hydrogen-bond acceptors (Lipinski definition) is 2. The Hall–Kier alpha value is -0.900. The fourth-order valence-corrected chi connectivity index (χ4v) is 1.80. The van der Waals surface area contributed by atoms with E-state index >= 15 is 0 Å². The first-order valence-electron chi connectivity index (χ1n) is 4.76. The largest absolute Gasteiger partial charge is 0.339 e. The van der Waals surface area contributed by atoms with Crippen molar-refractivity contribution in [2.45, 2.75) is 13.8 Å². The van der Waals surface area contributed by atoms with E-state index < -0.39 is 0 Å². The Bertz CT molecular complexity index is 263. The number of amides is 1. The molecule has 4 heteroatoms. The van der Waals surface area contributed by atoms with Crippen LogP contribution in [0.5, 0.6) is 0 Å². The summed E-state index contributed by atoms with van der Waals surface area (Å²) >= 11 is 5.21. The molecular formula is C10H16N2OS. The minimum atomic E-state index is 0.0792. The van der Waals surface area contributed by atoms with Crippen molar-refractivity contribution < 1.29 is 4.79 Å². The number of hydrogen-bond donors (Lipinski definition) is 0. The fraction of sp³-hybridized carbons (Fsp3) is 0.600. The van der Waals surface area contributed by atoms with Gasteiger partial charge in [-0.05, 0) is 18.1 Å². The first-order chi connectivity index (χ1) is 6.56. The Kier molecular flexibility index (Phi) is 3.63. The summed E-state index contributed by atoms with van der Waals surface area (Å²) in [5.74, 6) is 0.597. The van der Waals surface area contributed by atoms with Crippen LogP contribution in [0.15, 0.2) is 12.7 Å². The molecule has 0 aromatic heterocycles. The first kappa shape index (κ1) is 11.2. The van der Waals surface area contributed by atoms with Crippen molar-refractivity contribution in [2.75, 3.05) is 19.6 Å². The van der Waals surface area contributed by atoms with Gasteiger partial charge in [0.15, 0.2) is 5.11 Å². The number of thiocarbonyl (C=S) groups is 1. The quantitative estimate of drug-likeness (QED) is 0.518. The molecule has 0 N–H and O–H groups in total. The molecule has 0 aliphatic carbocycles. The Morgan fingerprint density at radius 1 is 1.64 bits per heavy atom. The molecule has 1 aliphatic heterocycles. The van der Waals surface area contributed by atoms with E-state index in [1.54, 1.807) is 11.0 Å². The minimum absolute atomic E-state index is 0.0792. The summed E-state index contributed by atoms with van der Waals surface area (Å²) in [6, 6.07) is 0. The van der Waals surface area contributed by atoms with Crippen molar-refractivity contribution in [3.8, 4) is 0 Å². The lowest BCUT2D eigenvalue weighted by molar-refractivity contribution is -0.124. The molecule has 1 saturated heterocycles. The summed E-state index contributed by atoms with van der Waals surface area (Å²) < 4.78 is 0. The highest BCUT2D eigenvalue weighted by Crippen LogP contribution is 2.12. The van der Waals surface area contributed by atoms with Crippen molar-refractivity contribution >= 4 is 23.2 Å². The van der Waals surface area contributed by atoms with Crippen LogP contribution in [0.1, 0.15) is 13.8 Å². The van der Waals surface area contributed by atoms with Crippen LogP contribution in [-0.2, 0) is 4.79 Å². The zero-order chi connectivity index (χ0) is 10.7. The molecule has 0 bridgehead atoms. The summed E-state index contributed by atoms with van der Waals surface area (Å²) in [6.07, 6.45) is 1.70. The van der Waals surface area contributed by atoms with E-state index in [-0.39, 0.29) is 5.91 Å². The maximum Gasteiger partial charge on any atom is 0.248 e. The summed E-state index contributed by atoms with van der Waals surface area (Å²) in [4.78, 5) is 15.1. The van der Waals surface area contributed by atoms with Crippen molar-refractivity contribution in [2.24, 2.45) is 5.92 Å². The van der Waals surface area contributed by atoms with Gasteiger partial charge < -0.3 is 4.90 Å². The van der Waals surface area contributed by atoms with Crippen LogP contribution in [0.2, 0.25) is 0 Å². The Labute approximate surface area is 90.4 Å². The van der Waals surface area contributed by atoms with Crippen LogP contribution in [0.4, 0.5) is 0 Å². The van der Waals surface area contributed by atoms with E-state index in [0.717, 1.165) is 6.54 Å². The first-order valence-corrected chi connectivity index (χ1v) is 5.17. The van der Waals surface area contributed by atoms with E-state index in [0.29, 0.717) is 24.1 Å². The van der Waals surface area contributed by atoms with Gasteiger partial charge in [0, 0.05) is 13.1 Å². The van der Waals surface area contributed by atoms with Crippen molar-refractivity contribution in [1.82, 2.24) is 9.80 Å². The molecule has 1 fully saturated rings. The standard InChI is InChI=1S/C10H16N2OS/c1-4-5-12-9(13)7-11(10(12)14)6-8(2)3/h4,8H,1,5-7H2,2-3H3. The van der Waals surface area contributed by atoms with Crippen molar-refractivity contribution in [3.05, 3.63) is 12.7 Å². The number of carbonyl (C=O) groups is 1. The molecule has 0 aromatic carbocycles. The lowest BCUT2D eigenvalue weighted by Gasteiger charge is -2.20. The van der Waals surface area contributed by atoms with Gasteiger partial charge in [0.1, 0.15) is 0 Å². The van der Waals surface area contributed by atoms with E-state index in [4.69, 9.17) is 12.2 Å². The van der Waals surface area contributed by atoms with Crippen LogP contribution in [-0.4, -0.2) is 40.5 Å². The van der Waals surface area contributed by atoms with Crippen LogP contribution in [0, 0.1) is 5.92 Å². The molecule has 1 aliphatic rings. The second kappa shape index (κ2) is 4.55. The second-order valence-corrected chi connectivity index (χ2v) is 4.22. The predicted octanol–water partition coefficient (Wildman–Crippen LogP) is 1.26. The van der Waals surface area contributed by atoms with E-state index in [2.05, 4.69) is 20.4 Å². The van der Waals surface area contributed by atoms with Crippen molar-refractivity contribution in [1.29, 1.82) is 0 Å². The summed E-state index contributed by atoms with van der Waals surface area (Å²) in [5.41, 5.74) is 0. The highest BCUT2D eigenvalue weighted by atomic mass is 32.1. The van der Waals surface area contributed by atoms with Crippen LogP contribution in [0.3, 0.4) is 0 Å². The summed E-state index contributed by atoms with van der Waals surface area (Å²) in [6.45, 7) is 9.62. The van der Waals surface area contributed by atoms with Crippen LogP contribution in [0.25, 0.3) is 0 Å². The molecule has 3 nitrogen and oxygen atoms in total. The molecule has 1 rings (SSSR count). The molecular weight excluding hydrogens is 196 g/mol. The molecule has 0 aromatic rings. The topological polar surface area (TPSA) is 23.6 Å². The second-order valence-electron chi connectivity index (χ2n) is 3.85. The highest BCUT2D eigenvalue weighted by Gasteiger charge is 2.31. The molecule has 14 heavy (non-hydrogen) atoms. The van der Waals surface area contributed by atoms with Gasteiger partial charge in [0.2, 0.25) is 5.91 Å². The van der Waals surface area contributed by atoms with E-state index in [1.807, 2.05) is 4.90 Å². The molecule has 0 atom stereocenters. The summed E-state index contributed by atoms with van der Waals surface area (Å²) in [7, 11) is 0. The number of rotatable bonds is 4. The predicted molar refractivity (Wildman–Crippen MR) is 60.9 cm³/mol. The maximum absolute atomic E-state index is 11.5. The van der Waals surface area contributed by atoms with Crippen molar-refractivity contribution in [3.63, 3.8) is 0 Å². The zero-order valence-corrected chi connectivity index (χ0v) is 9.51. The smallest absolute Gasteiger partial charge is 0.248 e. The van der Waals surface area contributed by atoms with Gasteiger partial charge in [-0.25, -0.2) is 0 Å². The molecule has 1 amide bonds. The van der Waals surface area contributed by atoms with Gasteiger partial charge in [-0.15, -0.1) is 6.58 Å². The molecule has 78 valence electrons. The normalized spacial score (nSPS) is 17.1. The van der Waals surface area contributed by atoms with E-state index in [1.165, 1.54) is 0 Å². The molecule has 0 spiro atoms.